The minimum Gasteiger partial charge on any atom is -0.492 e. The number of anilines is 2. The third kappa shape index (κ3) is 10.3. The number of aliphatic hydroxyl groups is 2. The first-order chi connectivity index (χ1) is 19.0. The van der Waals surface area contributed by atoms with Crippen LogP contribution in [-0.4, -0.2) is 88.6 Å². The molecule has 1 unspecified atom stereocenters. The molecule has 0 radical (unpaired) electrons. The van der Waals surface area contributed by atoms with Gasteiger partial charge < -0.3 is 35.2 Å². The Morgan fingerprint density at radius 1 is 1.00 bits per heavy atom. The van der Waals surface area contributed by atoms with Crippen molar-refractivity contribution in [3.8, 4) is 16.9 Å². The van der Waals surface area contributed by atoms with E-state index >= 15 is 0 Å². The fourth-order valence-electron chi connectivity index (χ4n) is 3.58. The second-order valence-electron chi connectivity index (χ2n) is 10.2. The lowest BCUT2D eigenvalue weighted by molar-refractivity contribution is -0.153. The molecule has 3 rings (SSSR count). The summed E-state index contributed by atoms with van der Waals surface area (Å²) in [6.45, 7) is 6.27. The number of rotatable bonds is 13. The van der Waals surface area contributed by atoms with Crippen LogP contribution >= 0.6 is 0 Å². The van der Waals surface area contributed by atoms with Crippen molar-refractivity contribution in [3.05, 3.63) is 66.5 Å². The van der Waals surface area contributed by atoms with Crippen molar-refractivity contribution >= 4 is 23.5 Å². The lowest BCUT2D eigenvalue weighted by atomic mass is 10.1. The quantitative estimate of drug-likeness (QED) is 0.234. The van der Waals surface area contributed by atoms with E-state index in [1.54, 1.807) is 57.4 Å². The first-order valence-corrected chi connectivity index (χ1v) is 12.9. The maximum absolute atomic E-state index is 12.3. The first kappa shape index (κ1) is 30.5. The van der Waals surface area contributed by atoms with Gasteiger partial charge in [0.2, 0.25) is 5.95 Å². The molecule has 214 valence electrons. The highest BCUT2D eigenvalue weighted by Crippen LogP contribution is 2.21. The Morgan fingerprint density at radius 2 is 1.65 bits per heavy atom. The van der Waals surface area contributed by atoms with E-state index in [-0.39, 0.29) is 19.1 Å². The topological polar surface area (TPSA) is 146 Å². The Hall–Kier alpha value is -4.06. The number of esters is 1. The van der Waals surface area contributed by atoms with Gasteiger partial charge in [-0.25, -0.2) is 9.97 Å². The van der Waals surface area contributed by atoms with Gasteiger partial charge in [-0.3, -0.25) is 9.59 Å². The third-order valence-corrected chi connectivity index (χ3v) is 5.53. The average Bonchev–Trinajstić information content (AvgIpc) is 2.92. The van der Waals surface area contributed by atoms with Gasteiger partial charge >= 0.3 is 5.97 Å². The zero-order chi connectivity index (χ0) is 29.1. The van der Waals surface area contributed by atoms with E-state index in [0.717, 1.165) is 16.8 Å². The molecule has 4 N–H and O–H groups in total. The van der Waals surface area contributed by atoms with Crippen molar-refractivity contribution in [1.82, 2.24) is 20.2 Å². The Kier molecular flexibility index (Phi) is 10.9. The number of carbonyl (C=O) groups is 2. The second kappa shape index (κ2) is 14.4. The van der Waals surface area contributed by atoms with Gasteiger partial charge in [0.15, 0.2) is 0 Å². The molecule has 0 aliphatic carbocycles. The maximum Gasteiger partial charge on any atom is 0.325 e. The summed E-state index contributed by atoms with van der Waals surface area (Å²) in [5, 5.41) is 24.1. The fraction of sp³-hybridized carbons (Fsp3) is 0.379. The van der Waals surface area contributed by atoms with Crippen molar-refractivity contribution in [1.29, 1.82) is 0 Å². The third-order valence-electron chi connectivity index (χ3n) is 5.53. The van der Waals surface area contributed by atoms with Gasteiger partial charge in [0, 0.05) is 42.3 Å². The molecular weight excluding hydrogens is 514 g/mol. The summed E-state index contributed by atoms with van der Waals surface area (Å²) in [4.78, 5) is 34.8. The molecular formula is C29H37N5O6. The summed E-state index contributed by atoms with van der Waals surface area (Å²) < 4.78 is 10.9. The summed E-state index contributed by atoms with van der Waals surface area (Å²) in [6.07, 6.45) is 2.62. The molecule has 1 amide bonds. The van der Waals surface area contributed by atoms with Crippen LogP contribution in [-0.2, 0) is 9.53 Å². The standard InChI is InChI=1S/C29H37N5O6/c1-29(2,3)40-26(37)17-30-27(38)21-7-5-20(6-8-21)22-15-31-28(32-16-22)33-23-9-11-25(12-10-23)39-14-13-34(4)18-24(36)19-35/h5-12,15-16,24,35-36H,13-14,17-19H2,1-4H3,(H,30,38)(H,31,32,33). The van der Waals surface area contributed by atoms with E-state index < -0.39 is 17.7 Å². The van der Waals surface area contributed by atoms with E-state index in [2.05, 4.69) is 20.6 Å². The lowest BCUT2D eigenvalue weighted by Gasteiger charge is -2.19. The minimum atomic E-state index is -0.760. The zero-order valence-corrected chi connectivity index (χ0v) is 23.3. The molecule has 11 heteroatoms. The van der Waals surface area contributed by atoms with Crippen LogP contribution in [0, 0.1) is 0 Å². The van der Waals surface area contributed by atoms with Crippen molar-refractivity contribution in [2.45, 2.75) is 32.5 Å². The van der Waals surface area contributed by atoms with Crippen LogP contribution in [0.3, 0.4) is 0 Å². The molecule has 1 heterocycles. The summed E-state index contributed by atoms with van der Waals surface area (Å²) in [7, 11) is 1.85. The molecule has 1 atom stereocenters. The van der Waals surface area contributed by atoms with Gasteiger partial charge in [-0.2, -0.15) is 0 Å². The van der Waals surface area contributed by atoms with Crippen LogP contribution in [0.25, 0.3) is 11.1 Å². The Labute approximate surface area is 234 Å². The normalized spacial score (nSPS) is 12.1. The number of likely N-dealkylation sites (N-methyl/N-ethyl adjacent to an activating group) is 1. The van der Waals surface area contributed by atoms with E-state index in [0.29, 0.717) is 37.0 Å². The van der Waals surface area contributed by atoms with Gasteiger partial charge in [-0.15, -0.1) is 0 Å². The highest BCUT2D eigenvalue weighted by molar-refractivity contribution is 5.96. The van der Waals surface area contributed by atoms with Gasteiger partial charge in [0.25, 0.3) is 5.91 Å². The molecule has 40 heavy (non-hydrogen) atoms. The number of nitrogens with zero attached hydrogens (tertiary/aromatic N) is 3. The number of amides is 1. The van der Waals surface area contributed by atoms with Gasteiger partial charge in [-0.1, -0.05) is 12.1 Å². The van der Waals surface area contributed by atoms with Gasteiger partial charge in [0.05, 0.1) is 12.7 Å². The largest absolute Gasteiger partial charge is 0.492 e. The van der Waals surface area contributed by atoms with Crippen LogP contribution in [0.2, 0.25) is 0 Å². The van der Waals surface area contributed by atoms with E-state index in [9.17, 15) is 14.7 Å². The predicted octanol–water partition coefficient (Wildman–Crippen LogP) is 2.62. The van der Waals surface area contributed by atoms with Gasteiger partial charge in [-0.05, 0) is 69.8 Å². The van der Waals surface area contributed by atoms with Crippen LogP contribution in [0.5, 0.6) is 5.75 Å². The first-order valence-electron chi connectivity index (χ1n) is 12.9. The van der Waals surface area contributed by atoms with Crippen LogP contribution in [0.4, 0.5) is 11.6 Å². The zero-order valence-electron chi connectivity index (χ0n) is 23.3. The highest BCUT2D eigenvalue weighted by Gasteiger charge is 2.17. The molecule has 0 saturated heterocycles. The fourth-order valence-corrected chi connectivity index (χ4v) is 3.58. The minimum absolute atomic E-state index is 0.203. The molecule has 1 aromatic heterocycles. The molecule has 0 aliphatic heterocycles. The molecule has 0 bridgehead atoms. The van der Waals surface area contributed by atoms with Crippen LogP contribution in [0.15, 0.2) is 60.9 Å². The van der Waals surface area contributed by atoms with Crippen LogP contribution < -0.4 is 15.4 Å². The maximum atomic E-state index is 12.3. The number of hydrogen-bond donors (Lipinski definition) is 4. The SMILES string of the molecule is CN(CCOc1ccc(Nc2ncc(-c3ccc(C(=O)NCC(=O)OC(C)(C)C)cc3)cn2)cc1)CC(O)CO. The van der Waals surface area contributed by atoms with E-state index in [1.165, 1.54) is 0 Å². The number of nitrogens with one attached hydrogen (secondary N) is 2. The van der Waals surface area contributed by atoms with Crippen molar-refractivity contribution in [2.24, 2.45) is 0 Å². The lowest BCUT2D eigenvalue weighted by Crippen LogP contribution is -2.34. The van der Waals surface area contributed by atoms with Crippen molar-refractivity contribution in [2.75, 3.05) is 45.2 Å². The number of aliphatic hydroxyl groups excluding tert-OH is 2. The molecule has 0 spiro atoms. The number of ether oxygens (including phenoxy) is 2. The molecule has 0 aliphatic rings. The summed E-state index contributed by atoms with van der Waals surface area (Å²) in [5.41, 5.74) is 2.24. The van der Waals surface area contributed by atoms with E-state index in [1.807, 2.05) is 36.2 Å². The van der Waals surface area contributed by atoms with Crippen molar-refractivity contribution < 1.29 is 29.3 Å². The van der Waals surface area contributed by atoms with Crippen molar-refractivity contribution in [3.63, 3.8) is 0 Å². The number of carbonyl (C=O) groups excluding carboxylic acids is 2. The molecule has 0 fully saturated rings. The Bertz CT molecular complexity index is 1230. The summed E-state index contributed by atoms with van der Waals surface area (Å²) in [6, 6.07) is 14.3. The second-order valence-corrected chi connectivity index (χ2v) is 10.2. The van der Waals surface area contributed by atoms with E-state index in [4.69, 9.17) is 14.6 Å². The Balaban J connectivity index is 1.47. The Morgan fingerprint density at radius 3 is 2.25 bits per heavy atom. The monoisotopic (exact) mass is 551 g/mol. The summed E-state index contributed by atoms with van der Waals surface area (Å²) >= 11 is 0. The van der Waals surface area contributed by atoms with Gasteiger partial charge in [0.1, 0.15) is 24.5 Å². The number of hydrogen-bond acceptors (Lipinski definition) is 10. The molecule has 3 aromatic rings. The average molecular weight is 552 g/mol. The van der Waals surface area contributed by atoms with Crippen LogP contribution in [0.1, 0.15) is 31.1 Å². The molecule has 11 nitrogen and oxygen atoms in total. The smallest absolute Gasteiger partial charge is 0.325 e. The predicted molar refractivity (Wildman–Crippen MR) is 151 cm³/mol. The highest BCUT2D eigenvalue weighted by atomic mass is 16.6. The summed E-state index contributed by atoms with van der Waals surface area (Å²) in [5.74, 6) is 0.276. The number of aromatic nitrogens is 2. The molecule has 2 aromatic carbocycles. The molecule has 0 saturated carbocycles. The number of benzene rings is 2.